The van der Waals surface area contributed by atoms with Crippen LogP contribution in [0.1, 0.15) is 10.4 Å². The standard InChI is InChI=1S/C9H8BrFO3/c1-13-5-14-9-3-8(11)6(4-12)2-7(9)10/h2-4H,5H2,1H3. The molecule has 0 spiro atoms. The molecule has 0 saturated carbocycles. The normalized spacial score (nSPS) is 9.93. The van der Waals surface area contributed by atoms with E-state index in [0.717, 1.165) is 6.07 Å². The van der Waals surface area contributed by atoms with Gasteiger partial charge in [-0.25, -0.2) is 4.39 Å². The van der Waals surface area contributed by atoms with Crippen molar-refractivity contribution in [3.8, 4) is 5.75 Å². The van der Waals surface area contributed by atoms with Gasteiger partial charge in [0.15, 0.2) is 13.1 Å². The van der Waals surface area contributed by atoms with Crippen LogP contribution in [0.15, 0.2) is 16.6 Å². The molecule has 0 unspecified atom stereocenters. The van der Waals surface area contributed by atoms with Crippen LogP contribution in [-0.2, 0) is 4.74 Å². The molecule has 0 bridgehead atoms. The lowest BCUT2D eigenvalue weighted by molar-refractivity contribution is 0.0503. The van der Waals surface area contributed by atoms with Gasteiger partial charge in [-0.2, -0.15) is 0 Å². The molecule has 0 amide bonds. The Balaban J connectivity index is 2.96. The molecule has 14 heavy (non-hydrogen) atoms. The molecule has 76 valence electrons. The van der Waals surface area contributed by atoms with Crippen molar-refractivity contribution in [2.24, 2.45) is 0 Å². The zero-order valence-electron chi connectivity index (χ0n) is 7.42. The minimum Gasteiger partial charge on any atom is -0.466 e. The van der Waals surface area contributed by atoms with E-state index < -0.39 is 5.82 Å². The van der Waals surface area contributed by atoms with E-state index in [2.05, 4.69) is 20.7 Å². The number of methoxy groups -OCH3 is 1. The number of carbonyl (C=O) groups is 1. The summed E-state index contributed by atoms with van der Waals surface area (Å²) < 4.78 is 23.3. The predicted molar refractivity (Wildman–Crippen MR) is 52.0 cm³/mol. The van der Waals surface area contributed by atoms with Crippen molar-refractivity contribution < 1.29 is 18.7 Å². The van der Waals surface area contributed by atoms with Crippen LogP contribution in [0.25, 0.3) is 0 Å². The lowest BCUT2D eigenvalue weighted by Crippen LogP contribution is -2.00. The molecule has 1 rings (SSSR count). The summed E-state index contributed by atoms with van der Waals surface area (Å²) in [4.78, 5) is 10.4. The number of rotatable bonds is 4. The van der Waals surface area contributed by atoms with Crippen molar-refractivity contribution in [3.63, 3.8) is 0 Å². The minimum atomic E-state index is -0.616. The van der Waals surface area contributed by atoms with Gasteiger partial charge in [-0.1, -0.05) is 0 Å². The van der Waals surface area contributed by atoms with Crippen molar-refractivity contribution in [1.82, 2.24) is 0 Å². The molecule has 0 N–H and O–H groups in total. The second kappa shape index (κ2) is 5.07. The Morgan fingerprint density at radius 1 is 1.57 bits per heavy atom. The van der Waals surface area contributed by atoms with Gasteiger partial charge >= 0.3 is 0 Å². The fourth-order valence-corrected chi connectivity index (χ4v) is 1.34. The topological polar surface area (TPSA) is 35.5 Å². The van der Waals surface area contributed by atoms with Crippen LogP contribution >= 0.6 is 15.9 Å². The van der Waals surface area contributed by atoms with Gasteiger partial charge in [-0.15, -0.1) is 0 Å². The second-order valence-electron chi connectivity index (χ2n) is 2.47. The predicted octanol–water partition coefficient (Wildman–Crippen LogP) is 2.38. The van der Waals surface area contributed by atoms with E-state index in [9.17, 15) is 9.18 Å². The summed E-state index contributed by atoms with van der Waals surface area (Å²) in [5.74, 6) is -0.316. The molecule has 3 nitrogen and oxygen atoms in total. The summed E-state index contributed by atoms with van der Waals surface area (Å²) in [7, 11) is 1.46. The maximum absolute atomic E-state index is 13.1. The first-order chi connectivity index (χ1) is 6.69. The highest BCUT2D eigenvalue weighted by Crippen LogP contribution is 2.27. The molecule has 0 aromatic heterocycles. The molecule has 5 heteroatoms. The maximum Gasteiger partial charge on any atom is 0.188 e. The van der Waals surface area contributed by atoms with Gasteiger partial charge in [-0.05, 0) is 22.0 Å². The molecule has 0 heterocycles. The minimum absolute atomic E-state index is 0.0124. The summed E-state index contributed by atoms with van der Waals surface area (Å²) in [5.41, 5.74) is -0.0124. The lowest BCUT2D eigenvalue weighted by Gasteiger charge is -2.07. The summed E-state index contributed by atoms with van der Waals surface area (Å²) in [6, 6.07) is 2.49. The van der Waals surface area contributed by atoms with Crippen LogP contribution in [0.3, 0.4) is 0 Å². The number of halogens is 2. The first-order valence-corrected chi connectivity index (χ1v) is 4.54. The van der Waals surface area contributed by atoms with Gasteiger partial charge in [0.25, 0.3) is 0 Å². The summed E-state index contributed by atoms with van der Waals surface area (Å²) >= 11 is 3.15. The molecule has 0 atom stereocenters. The van der Waals surface area contributed by atoms with Crippen molar-refractivity contribution in [2.75, 3.05) is 13.9 Å². The smallest absolute Gasteiger partial charge is 0.188 e. The van der Waals surface area contributed by atoms with Crippen LogP contribution in [0.2, 0.25) is 0 Å². The van der Waals surface area contributed by atoms with Crippen molar-refractivity contribution in [1.29, 1.82) is 0 Å². The Morgan fingerprint density at radius 2 is 2.29 bits per heavy atom. The molecule has 0 fully saturated rings. The lowest BCUT2D eigenvalue weighted by atomic mass is 10.2. The van der Waals surface area contributed by atoms with Gasteiger partial charge in [0.05, 0.1) is 10.0 Å². The van der Waals surface area contributed by atoms with E-state index >= 15 is 0 Å². The SMILES string of the molecule is COCOc1cc(F)c(C=O)cc1Br. The zero-order chi connectivity index (χ0) is 10.6. The molecule has 0 aliphatic heterocycles. The number of hydrogen-bond acceptors (Lipinski definition) is 3. The zero-order valence-corrected chi connectivity index (χ0v) is 9.01. The molecule has 1 aromatic rings. The van der Waals surface area contributed by atoms with E-state index in [-0.39, 0.29) is 12.4 Å². The Bertz CT molecular complexity index is 341. The molecule has 0 aliphatic carbocycles. The average Bonchev–Trinajstić information content (AvgIpc) is 2.18. The molecule has 1 aromatic carbocycles. The average molecular weight is 263 g/mol. The number of carbonyl (C=O) groups excluding carboxylic acids is 1. The van der Waals surface area contributed by atoms with Crippen LogP contribution < -0.4 is 4.74 Å². The Kier molecular flexibility index (Phi) is 4.03. The Morgan fingerprint density at radius 3 is 2.86 bits per heavy atom. The van der Waals surface area contributed by atoms with Gasteiger partial charge < -0.3 is 9.47 Å². The highest BCUT2D eigenvalue weighted by molar-refractivity contribution is 9.10. The van der Waals surface area contributed by atoms with Crippen LogP contribution in [-0.4, -0.2) is 20.2 Å². The largest absolute Gasteiger partial charge is 0.466 e. The summed E-state index contributed by atoms with van der Waals surface area (Å²) in [5, 5.41) is 0. The van der Waals surface area contributed by atoms with Crippen molar-refractivity contribution in [3.05, 3.63) is 28.0 Å². The number of ether oxygens (including phenoxy) is 2. The first kappa shape index (κ1) is 11.1. The third kappa shape index (κ3) is 2.52. The van der Waals surface area contributed by atoms with E-state index in [1.54, 1.807) is 0 Å². The fourth-order valence-electron chi connectivity index (χ4n) is 0.867. The monoisotopic (exact) mass is 262 g/mol. The highest BCUT2D eigenvalue weighted by Gasteiger charge is 2.08. The molecular weight excluding hydrogens is 255 g/mol. The molecular formula is C9H8BrFO3. The Labute approximate surface area is 88.9 Å². The van der Waals surface area contributed by atoms with Crippen LogP contribution in [0, 0.1) is 5.82 Å². The molecule has 0 saturated heterocycles. The number of benzene rings is 1. The second-order valence-corrected chi connectivity index (χ2v) is 3.33. The van der Waals surface area contributed by atoms with Crippen molar-refractivity contribution in [2.45, 2.75) is 0 Å². The number of aldehydes is 1. The highest BCUT2D eigenvalue weighted by atomic mass is 79.9. The van der Waals surface area contributed by atoms with Gasteiger partial charge in [0.2, 0.25) is 0 Å². The molecule has 0 radical (unpaired) electrons. The van der Waals surface area contributed by atoms with E-state index in [4.69, 9.17) is 4.74 Å². The summed E-state index contributed by atoms with van der Waals surface area (Å²) in [6.07, 6.45) is 0.445. The first-order valence-electron chi connectivity index (χ1n) is 3.75. The van der Waals surface area contributed by atoms with Gasteiger partial charge in [-0.3, -0.25) is 4.79 Å². The number of hydrogen-bond donors (Lipinski definition) is 0. The third-order valence-electron chi connectivity index (χ3n) is 1.51. The van der Waals surface area contributed by atoms with E-state index in [1.165, 1.54) is 13.2 Å². The summed E-state index contributed by atoms with van der Waals surface area (Å²) in [6.45, 7) is 0.0263. The maximum atomic E-state index is 13.1. The van der Waals surface area contributed by atoms with Crippen LogP contribution in [0.5, 0.6) is 5.75 Å². The van der Waals surface area contributed by atoms with E-state index in [1.807, 2.05) is 0 Å². The van der Waals surface area contributed by atoms with Crippen molar-refractivity contribution >= 4 is 22.2 Å². The Hall–Kier alpha value is -0.940. The van der Waals surface area contributed by atoms with Gasteiger partial charge in [0.1, 0.15) is 11.6 Å². The quantitative estimate of drug-likeness (QED) is 0.618. The fraction of sp³-hybridized carbons (Fsp3) is 0.222. The molecule has 0 aliphatic rings. The third-order valence-corrected chi connectivity index (χ3v) is 2.13. The van der Waals surface area contributed by atoms with E-state index in [0.29, 0.717) is 16.5 Å². The van der Waals surface area contributed by atoms with Gasteiger partial charge in [0, 0.05) is 13.2 Å². The van der Waals surface area contributed by atoms with Crippen LogP contribution in [0.4, 0.5) is 4.39 Å².